The van der Waals surface area contributed by atoms with Crippen molar-refractivity contribution < 1.29 is 14.3 Å². The van der Waals surface area contributed by atoms with E-state index in [0.717, 1.165) is 28.3 Å². The Balaban J connectivity index is 1.98. The summed E-state index contributed by atoms with van der Waals surface area (Å²) in [6.45, 7) is 2.50. The molecule has 0 aliphatic carbocycles. The number of anilines is 1. The van der Waals surface area contributed by atoms with Gasteiger partial charge in [-0.3, -0.25) is 4.79 Å². The smallest absolute Gasteiger partial charge is 0.251 e. The van der Waals surface area contributed by atoms with Gasteiger partial charge in [-0.05, 0) is 49.2 Å². The van der Waals surface area contributed by atoms with Crippen LogP contribution in [-0.4, -0.2) is 40.8 Å². The van der Waals surface area contributed by atoms with E-state index in [9.17, 15) is 4.79 Å². The molecule has 0 radical (unpaired) electrons. The SMILES string of the molecule is COc1ccc(CCNC(=O)c2ccc(N(C)C)cc2)c(OC)c1C. The van der Waals surface area contributed by atoms with Crippen LogP contribution in [0.2, 0.25) is 0 Å². The molecule has 0 aliphatic rings. The van der Waals surface area contributed by atoms with Gasteiger partial charge in [0, 0.05) is 37.5 Å². The summed E-state index contributed by atoms with van der Waals surface area (Å²) in [5, 5.41) is 2.96. The fourth-order valence-corrected chi connectivity index (χ4v) is 2.76. The van der Waals surface area contributed by atoms with Crippen LogP contribution >= 0.6 is 0 Å². The molecule has 0 atom stereocenters. The lowest BCUT2D eigenvalue weighted by Crippen LogP contribution is -2.25. The summed E-state index contributed by atoms with van der Waals surface area (Å²) < 4.78 is 10.8. The zero-order valence-electron chi connectivity index (χ0n) is 15.6. The van der Waals surface area contributed by atoms with E-state index in [1.165, 1.54) is 0 Å². The molecule has 1 amide bonds. The highest BCUT2D eigenvalue weighted by Gasteiger charge is 2.12. The summed E-state index contributed by atoms with van der Waals surface area (Å²) in [5.74, 6) is 1.53. The van der Waals surface area contributed by atoms with Crippen molar-refractivity contribution in [1.82, 2.24) is 5.32 Å². The number of carbonyl (C=O) groups excluding carboxylic acids is 1. The van der Waals surface area contributed by atoms with E-state index in [4.69, 9.17) is 9.47 Å². The van der Waals surface area contributed by atoms with Crippen molar-refractivity contribution in [2.75, 3.05) is 39.8 Å². The number of hydrogen-bond acceptors (Lipinski definition) is 4. The number of ether oxygens (including phenoxy) is 2. The van der Waals surface area contributed by atoms with Gasteiger partial charge in [-0.1, -0.05) is 6.07 Å². The topological polar surface area (TPSA) is 50.8 Å². The Hall–Kier alpha value is -2.69. The fourth-order valence-electron chi connectivity index (χ4n) is 2.76. The molecule has 0 saturated carbocycles. The molecule has 5 heteroatoms. The molecule has 134 valence electrons. The first-order chi connectivity index (χ1) is 12.0. The number of rotatable bonds is 7. The van der Waals surface area contributed by atoms with Gasteiger partial charge in [0.25, 0.3) is 5.91 Å². The second-order valence-corrected chi connectivity index (χ2v) is 6.03. The highest BCUT2D eigenvalue weighted by atomic mass is 16.5. The average Bonchev–Trinajstić information content (AvgIpc) is 2.62. The van der Waals surface area contributed by atoms with Crippen molar-refractivity contribution >= 4 is 11.6 Å². The lowest BCUT2D eigenvalue weighted by atomic mass is 10.1. The average molecular weight is 342 g/mol. The van der Waals surface area contributed by atoms with Crippen LogP contribution < -0.4 is 19.7 Å². The van der Waals surface area contributed by atoms with Crippen LogP contribution in [0.3, 0.4) is 0 Å². The number of hydrogen-bond donors (Lipinski definition) is 1. The molecule has 0 spiro atoms. The number of amides is 1. The van der Waals surface area contributed by atoms with Crippen molar-refractivity contribution in [3.63, 3.8) is 0 Å². The Morgan fingerprint density at radius 2 is 1.72 bits per heavy atom. The van der Waals surface area contributed by atoms with Crippen LogP contribution in [0, 0.1) is 6.92 Å². The minimum Gasteiger partial charge on any atom is -0.496 e. The van der Waals surface area contributed by atoms with Crippen LogP contribution in [0.1, 0.15) is 21.5 Å². The molecule has 0 heterocycles. The first-order valence-electron chi connectivity index (χ1n) is 8.24. The van der Waals surface area contributed by atoms with E-state index >= 15 is 0 Å². The number of methoxy groups -OCH3 is 2. The molecule has 0 bridgehead atoms. The first kappa shape index (κ1) is 18.6. The molecule has 0 unspecified atom stereocenters. The highest BCUT2D eigenvalue weighted by Crippen LogP contribution is 2.31. The molecule has 2 aromatic carbocycles. The Morgan fingerprint density at radius 3 is 2.28 bits per heavy atom. The van der Waals surface area contributed by atoms with Gasteiger partial charge in [0.1, 0.15) is 11.5 Å². The molecule has 0 saturated heterocycles. The zero-order valence-corrected chi connectivity index (χ0v) is 15.6. The van der Waals surface area contributed by atoms with Crippen LogP contribution in [0.15, 0.2) is 36.4 Å². The van der Waals surface area contributed by atoms with E-state index in [1.807, 2.05) is 62.3 Å². The number of carbonyl (C=O) groups is 1. The van der Waals surface area contributed by atoms with Crippen molar-refractivity contribution in [2.24, 2.45) is 0 Å². The number of benzene rings is 2. The van der Waals surface area contributed by atoms with Gasteiger partial charge in [0.15, 0.2) is 0 Å². The van der Waals surface area contributed by atoms with E-state index in [2.05, 4.69) is 5.32 Å². The summed E-state index contributed by atoms with van der Waals surface area (Å²) in [6, 6.07) is 11.4. The van der Waals surface area contributed by atoms with Gasteiger partial charge in [0.2, 0.25) is 0 Å². The Labute approximate surface area is 149 Å². The van der Waals surface area contributed by atoms with Crippen molar-refractivity contribution in [2.45, 2.75) is 13.3 Å². The standard InChI is InChI=1S/C20H26N2O3/c1-14-18(24-4)11-8-15(19(14)25-5)12-13-21-20(23)16-6-9-17(10-7-16)22(2)3/h6-11H,12-13H2,1-5H3,(H,21,23). The van der Waals surface area contributed by atoms with E-state index in [1.54, 1.807) is 14.2 Å². The third-order valence-corrected chi connectivity index (χ3v) is 4.19. The fraction of sp³-hybridized carbons (Fsp3) is 0.350. The summed E-state index contributed by atoms with van der Waals surface area (Å²) >= 11 is 0. The molecule has 0 aromatic heterocycles. The molecular formula is C20H26N2O3. The largest absolute Gasteiger partial charge is 0.496 e. The van der Waals surface area contributed by atoms with Gasteiger partial charge in [-0.2, -0.15) is 0 Å². The summed E-state index contributed by atoms with van der Waals surface area (Å²) in [7, 11) is 7.23. The minimum absolute atomic E-state index is 0.0745. The van der Waals surface area contributed by atoms with Crippen LogP contribution in [-0.2, 0) is 6.42 Å². The summed E-state index contributed by atoms with van der Waals surface area (Å²) in [6.07, 6.45) is 0.690. The van der Waals surface area contributed by atoms with E-state index < -0.39 is 0 Å². The maximum absolute atomic E-state index is 12.3. The Morgan fingerprint density at radius 1 is 1.04 bits per heavy atom. The molecule has 25 heavy (non-hydrogen) atoms. The van der Waals surface area contributed by atoms with Crippen LogP contribution in [0.4, 0.5) is 5.69 Å². The van der Waals surface area contributed by atoms with Crippen LogP contribution in [0.25, 0.3) is 0 Å². The molecular weight excluding hydrogens is 316 g/mol. The normalized spacial score (nSPS) is 10.3. The third kappa shape index (κ3) is 4.44. The van der Waals surface area contributed by atoms with Gasteiger partial charge in [-0.25, -0.2) is 0 Å². The third-order valence-electron chi connectivity index (χ3n) is 4.19. The van der Waals surface area contributed by atoms with Crippen molar-refractivity contribution in [3.05, 3.63) is 53.1 Å². The van der Waals surface area contributed by atoms with Gasteiger partial charge in [0.05, 0.1) is 14.2 Å². The Kier molecular flexibility index (Phi) is 6.28. The van der Waals surface area contributed by atoms with Gasteiger partial charge < -0.3 is 19.7 Å². The van der Waals surface area contributed by atoms with Gasteiger partial charge >= 0.3 is 0 Å². The van der Waals surface area contributed by atoms with Crippen molar-refractivity contribution in [3.8, 4) is 11.5 Å². The molecule has 0 fully saturated rings. The predicted octanol–water partition coefficient (Wildman–Crippen LogP) is 3.05. The van der Waals surface area contributed by atoms with Crippen molar-refractivity contribution in [1.29, 1.82) is 0 Å². The maximum Gasteiger partial charge on any atom is 0.251 e. The van der Waals surface area contributed by atoms with E-state index in [-0.39, 0.29) is 5.91 Å². The molecule has 5 nitrogen and oxygen atoms in total. The first-order valence-corrected chi connectivity index (χ1v) is 8.24. The quantitative estimate of drug-likeness (QED) is 0.840. The monoisotopic (exact) mass is 342 g/mol. The zero-order chi connectivity index (χ0) is 18.4. The lowest BCUT2D eigenvalue weighted by molar-refractivity contribution is 0.0954. The molecule has 0 aliphatic heterocycles. The molecule has 1 N–H and O–H groups in total. The minimum atomic E-state index is -0.0745. The number of nitrogens with one attached hydrogen (secondary N) is 1. The summed E-state index contributed by atoms with van der Waals surface area (Å²) in [4.78, 5) is 14.3. The van der Waals surface area contributed by atoms with Crippen LogP contribution in [0.5, 0.6) is 11.5 Å². The highest BCUT2D eigenvalue weighted by molar-refractivity contribution is 5.94. The number of nitrogens with zero attached hydrogens (tertiary/aromatic N) is 1. The summed E-state index contributed by atoms with van der Waals surface area (Å²) in [5.41, 5.74) is 3.73. The second-order valence-electron chi connectivity index (χ2n) is 6.03. The second kappa shape index (κ2) is 8.42. The Bertz CT molecular complexity index is 724. The lowest BCUT2D eigenvalue weighted by Gasteiger charge is -2.15. The van der Waals surface area contributed by atoms with Gasteiger partial charge in [-0.15, -0.1) is 0 Å². The maximum atomic E-state index is 12.3. The molecule has 2 rings (SSSR count). The van der Waals surface area contributed by atoms with E-state index in [0.29, 0.717) is 18.5 Å². The predicted molar refractivity (Wildman–Crippen MR) is 101 cm³/mol. The molecule has 2 aromatic rings.